The Kier molecular flexibility index (Phi) is 8.53. The Morgan fingerprint density at radius 1 is 1.08 bits per heavy atom. The molecule has 1 aromatic rings. The molecule has 24 heavy (non-hydrogen) atoms. The Hall–Kier alpha value is -1.68. The van der Waals surface area contributed by atoms with E-state index in [4.69, 9.17) is 0 Å². The highest BCUT2D eigenvalue weighted by molar-refractivity contribution is 5.86. The van der Waals surface area contributed by atoms with Gasteiger partial charge in [0, 0.05) is 30.5 Å². The van der Waals surface area contributed by atoms with Gasteiger partial charge >= 0.3 is 0 Å². The van der Waals surface area contributed by atoms with Crippen LogP contribution in [0.3, 0.4) is 0 Å². The SMILES string of the molecule is CCCCCCCC(=O)NN=C1CC[NH+](Cc2ccccc2)CC1. The summed E-state index contributed by atoms with van der Waals surface area (Å²) in [5, 5.41) is 4.34. The van der Waals surface area contributed by atoms with Crippen LogP contribution in [-0.4, -0.2) is 24.7 Å². The summed E-state index contributed by atoms with van der Waals surface area (Å²) >= 11 is 0. The molecule has 132 valence electrons. The van der Waals surface area contributed by atoms with Crippen LogP contribution in [0.4, 0.5) is 0 Å². The van der Waals surface area contributed by atoms with Crippen molar-refractivity contribution in [2.45, 2.75) is 64.8 Å². The fraction of sp³-hybridized carbons (Fsp3) is 0.600. The summed E-state index contributed by atoms with van der Waals surface area (Å²) in [4.78, 5) is 13.4. The van der Waals surface area contributed by atoms with E-state index in [-0.39, 0.29) is 5.91 Å². The number of nitrogens with one attached hydrogen (secondary N) is 2. The van der Waals surface area contributed by atoms with Crippen LogP contribution in [0.2, 0.25) is 0 Å². The largest absolute Gasteiger partial charge is 0.331 e. The van der Waals surface area contributed by atoms with Crippen molar-refractivity contribution in [2.75, 3.05) is 13.1 Å². The summed E-state index contributed by atoms with van der Waals surface area (Å²) in [6, 6.07) is 10.6. The van der Waals surface area contributed by atoms with E-state index in [1.807, 2.05) is 0 Å². The van der Waals surface area contributed by atoms with Crippen LogP contribution in [-0.2, 0) is 11.3 Å². The van der Waals surface area contributed by atoms with Crippen molar-refractivity contribution in [3.05, 3.63) is 35.9 Å². The van der Waals surface area contributed by atoms with Crippen LogP contribution in [0.15, 0.2) is 35.4 Å². The summed E-state index contributed by atoms with van der Waals surface area (Å²) in [5.74, 6) is 0.0676. The van der Waals surface area contributed by atoms with E-state index in [0.29, 0.717) is 6.42 Å². The number of nitrogens with zero attached hydrogens (tertiary/aromatic N) is 1. The molecule has 4 nitrogen and oxygen atoms in total. The van der Waals surface area contributed by atoms with Gasteiger partial charge in [0.05, 0.1) is 13.1 Å². The van der Waals surface area contributed by atoms with Crippen molar-refractivity contribution >= 4 is 11.6 Å². The summed E-state index contributed by atoms with van der Waals surface area (Å²) in [5.41, 5.74) is 5.28. The lowest BCUT2D eigenvalue weighted by Gasteiger charge is -2.24. The fourth-order valence-electron chi connectivity index (χ4n) is 3.15. The molecule has 0 atom stereocenters. The molecule has 0 spiro atoms. The van der Waals surface area contributed by atoms with Crippen molar-refractivity contribution in [1.29, 1.82) is 0 Å². The van der Waals surface area contributed by atoms with E-state index < -0.39 is 0 Å². The van der Waals surface area contributed by atoms with Crippen LogP contribution in [0, 0.1) is 0 Å². The third-order valence-electron chi connectivity index (χ3n) is 4.68. The molecule has 1 aliphatic rings. The zero-order valence-electron chi connectivity index (χ0n) is 15.0. The molecule has 1 aromatic carbocycles. The third kappa shape index (κ3) is 7.26. The quantitative estimate of drug-likeness (QED) is 0.531. The predicted molar refractivity (Wildman–Crippen MR) is 99.0 cm³/mol. The molecule has 0 radical (unpaired) electrons. The summed E-state index contributed by atoms with van der Waals surface area (Å²) in [7, 11) is 0. The average molecular weight is 330 g/mol. The number of carbonyl (C=O) groups is 1. The van der Waals surface area contributed by atoms with Gasteiger partial charge < -0.3 is 4.90 Å². The minimum absolute atomic E-state index is 0.0676. The number of hydrogen-bond donors (Lipinski definition) is 2. The van der Waals surface area contributed by atoms with Crippen molar-refractivity contribution in [2.24, 2.45) is 5.10 Å². The second-order valence-electron chi connectivity index (χ2n) is 6.79. The van der Waals surface area contributed by atoms with E-state index in [0.717, 1.165) is 51.0 Å². The molecule has 1 heterocycles. The molecule has 0 aliphatic carbocycles. The standard InChI is InChI=1S/C20H31N3O/c1-2-3-4-5-9-12-20(24)22-21-19-13-15-23(16-14-19)17-18-10-7-6-8-11-18/h6-8,10-11H,2-5,9,12-17H2,1H3,(H,22,24)/p+1. The molecule has 1 amide bonds. The van der Waals surface area contributed by atoms with Crippen LogP contribution < -0.4 is 10.3 Å². The molecule has 1 fully saturated rings. The molecule has 0 bridgehead atoms. The van der Waals surface area contributed by atoms with Crippen molar-refractivity contribution in [3.8, 4) is 0 Å². The van der Waals surface area contributed by atoms with Gasteiger partial charge in [-0.1, -0.05) is 62.9 Å². The van der Waals surface area contributed by atoms with Gasteiger partial charge in [0.2, 0.25) is 5.91 Å². The summed E-state index contributed by atoms with van der Waals surface area (Å²) < 4.78 is 0. The Morgan fingerprint density at radius 3 is 2.50 bits per heavy atom. The lowest BCUT2D eigenvalue weighted by atomic mass is 10.1. The predicted octanol–water partition coefficient (Wildman–Crippen LogP) is 2.70. The van der Waals surface area contributed by atoms with Crippen LogP contribution in [0.25, 0.3) is 0 Å². The molecule has 0 aromatic heterocycles. The zero-order valence-corrected chi connectivity index (χ0v) is 15.0. The molecule has 0 unspecified atom stereocenters. The molecule has 1 aliphatic heterocycles. The van der Waals surface area contributed by atoms with Crippen molar-refractivity contribution < 1.29 is 9.69 Å². The highest BCUT2D eigenvalue weighted by Gasteiger charge is 2.18. The highest BCUT2D eigenvalue weighted by atomic mass is 16.2. The van der Waals surface area contributed by atoms with Gasteiger partial charge in [-0.05, 0) is 6.42 Å². The normalized spacial score (nSPS) is 17.5. The topological polar surface area (TPSA) is 45.9 Å². The number of likely N-dealkylation sites (tertiary alicyclic amines) is 1. The lowest BCUT2D eigenvalue weighted by Crippen LogP contribution is -3.11. The number of benzene rings is 1. The van der Waals surface area contributed by atoms with E-state index in [1.54, 1.807) is 4.90 Å². The minimum atomic E-state index is 0.0676. The highest BCUT2D eigenvalue weighted by Crippen LogP contribution is 2.05. The van der Waals surface area contributed by atoms with Gasteiger partial charge in [-0.3, -0.25) is 4.79 Å². The third-order valence-corrected chi connectivity index (χ3v) is 4.68. The molecular formula is C20H32N3O+. The number of unbranched alkanes of at least 4 members (excludes halogenated alkanes) is 4. The Morgan fingerprint density at radius 2 is 1.79 bits per heavy atom. The van der Waals surface area contributed by atoms with Crippen LogP contribution in [0.5, 0.6) is 0 Å². The van der Waals surface area contributed by atoms with Crippen LogP contribution >= 0.6 is 0 Å². The number of hydrogen-bond acceptors (Lipinski definition) is 2. The summed E-state index contributed by atoms with van der Waals surface area (Å²) in [6.07, 6.45) is 8.44. The van der Waals surface area contributed by atoms with Gasteiger partial charge in [0.1, 0.15) is 6.54 Å². The first-order chi connectivity index (χ1) is 11.8. The number of hydrazone groups is 1. The maximum absolute atomic E-state index is 11.8. The fourth-order valence-corrected chi connectivity index (χ4v) is 3.15. The van der Waals surface area contributed by atoms with E-state index in [9.17, 15) is 4.79 Å². The number of carbonyl (C=O) groups excluding carboxylic acids is 1. The second-order valence-corrected chi connectivity index (χ2v) is 6.79. The molecular weight excluding hydrogens is 298 g/mol. The van der Waals surface area contributed by atoms with Crippen molar-refractivity contribution in [1.82, 2.24) is 5.43 Å². The number of rotatable bonds is 9. The number of piperidine rings is 1. The first-order valence-electron chi connectivity index (χ1n) is 9.49. The first kappa shape index (κ1) is 18.7. The van der Waals surface area contributed by atoms with E-state index in [1.165, 1.54) is 24.8 Å². The maximum atomic E-state index is 11.8. The molecule has 0 saturated carbocycles. The number of amides is 1. The van der Waals surface area contributed by atoms with Gasteiger partial charge in [0.15, 0.2) is 0 Å². The first-order valence-corrected chi connectivity index (χ1v) is 9.49. The van der Waals surface area contributed by atoms with Gasteiger partial charge in [-0.15, -0.1) is 0 Å². The van der Waals surface area contributed by atoms with Crippen LogP contribution in [0.1, 0.15) is 63.9 Å². The maximum Gasteiger partial charge on any atom is 0.240 e. The zero-order chi connectivity index (χ0) is 17.0. The van der Waals surface area contributed by atoms with Gasteiger partial charge in [0.25, 0.3) is 0 Å². The smallest absolute Gasteiger partial charge is 0.240 e. The molecule has 2 rings (SSSR count). The Bertz CT molecular complexity index is 503. The molecule has 1 saturated heterocycles. The van der Waals surface area contributed by atoms with Gasteiger partial charge in [-0.2, -0.15) is 5.10 Å². The van der Waals surface area contributed by atoms with Gasteiger partial charge in [-0.25, -0.2) is 5.43 Å². The number of quaternary nitrogens is 1. The van der Waals surface area contributed by atoms with E-state index >= 15 is 0 Å². The molecule has 4 heteroatoms. The summed E-state index contributed by atoms with van der Waals surface area (Å²) in [6.45, 7) is 5.48. The monoisotopic (exact) mass is 330 g/mol. The van der Waals surface area contributed by atoms with Crippen molar-refractivity contribution in [3.63, 3.8) is 0 Å². The molecule has 2 N–H and O–H groups in total. The minimum Gasteiger partial charge on any atom is -0.331 e. The second kappa shape index (κ2) is 11.0. The Labute approximate surface area is 146 Å². The van der Waals surface area contributed by atoms with E-state index in [2.05, 4.69) is 47.8 Å². The Balaban J connectivity index is 1.61. The lowest BCUT2D eigenvalue weighted by molar-refractivity contribution is -0.914. The average Bonchev–Trinajstić information content (AvgIpc) is 2.62.